The average molecular weight is 285 g/mol. The third-order valence-corrected chi connectivity index (χ3v) is 4.04. The summed E-state index contributed by atoms with van der Waals surface area (Å²) in [6.07, 6.45) is 1.29. The molecule has 0 amide bonds. The summed E-state index contributed by atoms with van der Waals surface area (Å²) in [6.45, 7) is 0. The molecule has 0 aliphatic heterocycles. The first-order valence-corrected chi connectivity index (χ1v) is 7.33. The zero-order chi connectivity index (χ0) is 14.9. The highest BCUT2D eigenvalue weighted by molar-refractivity contribution is 5.83. The lowest BCUT2D eigenvalue weighted by Gasteiger charge is -2.05. The number of nitrogens with zero attached hydrogens (tertiary/aromatic N) is 1. The summed E-state index contributed by atoms with van der Waals surface area (Å²) in [4.78, 5) is 4.52. The molecule has 106 valence electrons. The van der Waals surface area contributed by atoms with Crippen molar-refractivity contribution < 1.29 is 5.11 Å². The van der Waals surface area contributed by atoms with Crippen molar-refractivity contribution >= 4 is 11.9 Å². The van der Waals surface area contributed by atoms with Gasteiger partial charge in [-0.2, -0.15) is 0 Å². The monoisotopic (exact) mass is 285 g/mol. The summed E-state index contributed by atoms with van der Waals surface area (Å²) in [7, 11) is 0. The second-order valence-electron chi connectivity index (χ2n) is 5.43. The van der Waals surface area contributed by atoms with Gasteiger partial charge in [0.25, 0.3) is 0 Å². The normalized spacial score (nSPS) is 15.8. The molecule has 0 bridgehead atoms. The van der Waals surface area contributed by atoms with Crippen molar-refractivity contribution in [2.24, 2.45) is 4.99 Å². The molecule has 0 spiro atoms. The maximum absolute atomic E-state index is 10.5. The van der Waals surface area contributed by atoms with Crippen molar-refractivity contribution in [1.29, 1.82) is 0 Å². The van der Waals surface area contributed by atoms with Gasteiger partial charge in [-0.25, -0.2) is 0 Å². The lowest BCUT2D eigenvalue weighted by Crippen LogP contribution is -1.93. The van der Waals surface area contributed by atoms with Gasteiger partial charge in [-0.15, -0.1) is 0 Å². The largest absolute Gasteiger partial charge is 0.384 e. The van der Waals surface area contributed by atoms with E-state index >= 15 is 0 Å². The van der Waals surface area contributed by atoms with Crippen LogP contribution in [0.1, 0.15) is 22.8 Å². The molecule has 0 unspecified atom stereocenters. The fraction of sp³-hybridized carbons (Fsp3) is 0.0500. The van der Waals surface area contributed by atoms with Gasteiger partial charge in [0, 0.05) is 6.21 Å². The second-order valence-corrected chi connectivity index (χ2v) is 5.43. The molecule has 1 aliphatic rings. The van der Waals surface area contributed by atoms with Crippen molar-refractivity contribution in [1.82, 2.24) is 0 Å². The molecule has 0 fully saturated rings. The Morgan fingerprint density at radius 3 is 2.36 bits per heavy atom. The molecule has 3 aromatic carbocycles. The van der Waals surface area contributed by atoms with Crippen molar-refractivity contribution in [2.45, 2.75) is 6.10 Å². The van der Waals surface area contributed by atoms with Crippen molar-refractivity contribution in [3.63, 3.8) is 0 Å². The zero-order valence-electron chi connectivity index (χ0n) is 12.0. The molecular weight excluding hydrogens is 270 g/mol. The highest BCUT2D eigenvalue weighted by atomic mass is 16.3. The number of aliphatic hydroxyl groups is 1. The van der Waals surface area contributed by atoms with Gasteiger partial charge in [0.05, 0.1) is 5.69 Å². The topological polar surface area (TPSA) is 32.6 Å². The van der Waals surface area contributed by atoms with Gasteiger partial charge in [0.15, 0.2) is 0 Å². The molecule has 1 aliphatic carbocycles. The van der Waals surface area contributed by atoms with Gasteiger partial charge >= 0.3 is 0 Å². The van der Waals surface area contributed by atoms with Crippen LogP contribution in [0.5, 0.6) is 0 Å². The van der Waals surface area contributed by atoms with Crippen LogP contribution in [0, 0.1) is 0 Å². The molecule has 0 aromatic heterocycles. The van der Waals surface area contributed by atoms with E-state index in [9.17, 15) is 5.11 Å². The Bertz CT molecular complexity index is 853. The van der Waals surface area contributed by atoms with Crippen LogP contribution in [-0.2, 0) is 0 Å². The minimum absolute atomic E-state index is 0.557. The molecule has 22 heavy (non-hydrogen) atoms. The summed E-state index contributed by atoms with van der Waals surface area (Å²) in [6, 6.07) is 24.0. The molecule has 2 heteroatoms. The average Bonchev–Trinajstić information content (AvgIpc) is 2.87. The van der Waals surface area contributed by atoms with E-state index in [0.29, 0.717) is 0 Å². The van der Waals surface area contributed by atoms with Crippen LogP contribution in [0.4, 0.5) is 5.69 Å². The zero-order valence-corrected chi connectivity index (χ0v) is 12.0. The van der Waals surface area contributed by atoms with E-state index in [4.69, 9.17) is 0 Å². The van der Waals surface area contributed by atoms with Crippen LogP contribution < -0.4 is 0 Å². The van der Waals surface area contributed by atoms with E-state index in [0.717, 1.165) is 33.5 Å². The van der Waals surface area contributed by atoms with Crippen LogP contribution in [0.2, 0.25) is 0 Å². The molecule has 0 saturated carbocycles. The maximum atomic E-state index is 10.5. The fourth-order valence-corrected chi connectivity index (χ4v) is 2.94. The van der Waals surface area contributed by atoms with Crippen molar-refractivity contribution in [3.8, 4) is 11.1 Å². The number of benzene rings is 3. The third kappa shape index (κ3) is 2.14. The SMILES string of the molecule is O[C@H]1c2ccccc2-c2ccc(N=Cc3ccccc3)cc21. The smallest absolute Gasteiger partial charge is 0.105 e. The molecule has 1 N–H and O–H groups in total. The van der Waals surface area contributed by atoms with E-state index in [-0.39, 0.29) is 0 Å². The van der Waals surface area contributed by atoms with E-state index in [1.54, 1.807) is 0 Å². The lowest BCUT2D eigenvalue weighted by atomic mass is 10.1. The van der Waals surface area contributed by atoms with E-state index in [1.165, 1.54) is 0 Å². The minimum atomic E-state index is -0.557. The van der Waals surface area contributed by atoms with Crippen molar-refractivity contribution in [2.75, 3.05) is 0 Å². The molecule has 3 aromatic rings. The van der Waals surface area contributed by atoms with Crippen LogP contribution in [-0.4, -0.2) is 11.3 Å². The highest BCUT2D eigenvalue weighted by Gasteiger charge is 2.26. The van der Waals surface area contributed by atoms with Gasteiger partial charge in [0.1, 0.15) is 6.10 Å². The summed E-state index contributed by atoms with van der Waals surface area (Å²) in [5.74, 6) is 0. The molecule has 4 rings (SSSR count). The van der Waals surface area contributed by atoms with E-state index < -0.39 is 6.10 Å². The predicted octanol–water partition coefficient (Wildman–Crippen LogP) is 4.50. The number of hydrogen-bond donors (Lipinski definition) is 1. The minimum Gasteiger partial charge on any atom is -0.384 e. The van der Waals surface area contributed by atoms with E-state index in [1.807, 2.05) is 72.9 Å². The second kappa shape index (κ2) is 5.24. The van der Waals surface area contributed by atoms with Gasteiger partial charge < -0.3 is 5.11 Å². The molecular formula is C20H15NO. The van der Waals surface area contributed by atoms with Gasteiger partial charge in [-0.05, 0) is 39.9 Å². The Kier molecular flexibility index (Phi) is 3.10. The summed E-state index contributed by atoms with van der Waals surface area (Å²) in [5, 5.41) is 10.5. The molecule has 0 radical (unpaired) electrons. The van der Waals surface area contributed by atoms with Crippen LogP contribution in [0.25, 0.3) is 11.1 Å². The van der Waals surface area contributed by atoms with E-state index in [2.05, 4.69) is 11.1 Å². The predicted molar refractivity (Wildman–Crippen MR) is 89.6 cm³/mol. The Balaban J connectivity index is 1.71. The quantitative estimate of drug-likeness (QED) is 0.691. The highest BCUT2D eigenvalue weighted by Crippen LogP contribution is 2.44. The summed E-state index contributed by atoms with van der Waals surface area (Å²) >= 11 is 0. The van der Waals surface area contributed by atoms with Crippen LogP contribution >= 0.6 is 0 Å². The fourth-order valence-electron chi connectivity index (χ4n) is 2.94. The molecule has 1 atom stereocenters. The number of fused-ring (bicyclic) bond motifs is 3. The number of rotatable bonds is 2. The Hall–Kier alpha value is -2.71. The molecule has 0 saturated heterocycles. The first-order chi connectivity index (χ1) is 10.8. The summed E-state index contributed by atoms with van der Waals surface area (Å²) < 4.78 is 0. The van der Waals surface area contributed by atoms with Gasteiger partial charge in [-0.3, -0.25) is 4.99 Å². The standard InChI is InChI=1S/C20H15NO/c22-20-18-9-5-4-8-16(18)17-11-10-15(12-19(17)20)21-13-14-6-2-1-3-7-14/h1-13,20,22H/t20-/m0/s1. The van der Waals surface area contributed by atoms with Crippen LogP contribution in [0.15, 0.2) is 77.8 Å². The van der Waals surface area contributed by atoms with Gasteiger partial charge in [0.2, 0.25) is 0 Å². The first-order valence-electron chi connectivity index (χ1n) is 7.33. The Morgan fingerprint density at radius 1 is 0.773 bits per heavy atom. The van der Waals surface area contributed by atoms with Crippen LogP contribution in [0.3, 0.4) is 0 Å². The Morgan fingerprint density at radius 2 is 1.50 bits per heavy atom. The lowest BCUT2D eigenvalue weighted by molar-refractivity contribution is 0.225. The van der Waals surface area contributed by atoms with Gasteiger partial charge in [-0.1, -0.05) is 60.7 Å². The number of aliphatic hydroxyl groups excluding tert-OH is 1. The third-order valence-electron chi connectivity index (χ3n) is 4.04. The number of aliphatic imine (C=N–C) groups is 1. The molecule has 0 heterocycles. The van der Waals surface area contributed by atoms with Crippen molar-refractivity contribution in [3.05, 3.63) is 89.5 Å². The number of hydrogen-bond acceptors (Lipinski definition) is 2. The maximum Gasteiger partial charge on any atom is 0.105 e. The Labute approximate surface area is 129 Å². The first kappa shape index (κ1) is 13.0. The molecule has 2 nitrogen and oxygen atoms in total. The summed E-state index contributed by atoms with van der Waals surface area (Å²) in [5.41, 5.74) is 6.04.